The van der Waals surface area contributed by atoms with Crippen molar-refractivity contribution in [1.82, 2.24) is 10.2 Å². The van der Waals surface area contributed by atoms with Crippen LogP contribution in [0.3, 0.4) is 0 Å². The first-order valence-corrected chi connectivity index (χ1v) is 5.70. The maximum absolute atomic E-state index is 11.7. The first kappa shape index (κ1) is 14.2. The summed E-state index contributed by atoms with van der Waals surface area (Å²) in [6.07, 6.45) is -0.597. The summed E-state index contributed by atoms with van der Waals surface area (Å²) < 4.78 is 0. The molecule has 0 saturated carbocycles. The summed E-state index contributed by atoms with van der Waals surface area (Å²) >= 11 is 0. The molecule has 1 aromatic rings. The van der Waals surface area contributed by atoms with Gasteiger partial charge in [-0.25, -0.2) is 0 Å². The van der Waals surface area contributed by atoms with Gasteiger partial charge in [-0.05, 0) is 25.1 Å². The lowest BCUT2D eigenvalue weighted by molar-refractivity contribution is 0.0827. The number of carbonyl (C=O) groups is 2. The Morgan fingerprint density at radius 3 is 2.50 bits per heavy atom. The van der Waals surface area contributed by atoms with Crippen molar-refractivity contribution in [2.75, 3.05) is 20.6 Å². The van der Waals surface area contributed by atoms with E-state index in [1.165, 1.54) is 4.90 Å². The summed E-state index contributed by atoms with van der Waals surface area (Å²) in [6.45, 7) is 1.77. The van der Waals surface area contributed by atoms with E-state index in [2.05, 4.69) is 5.32 Å². The highest BCUT2D eigenvalue weighted by Crippen LogP contribution is 2.07. The Morgan fingerprint density at radius 1 is 1.33 bits per heavy atom. The second kappa shape index (κ2) is 6.16. The van der Waals surface area contributed by atoms with Gasteiger partial charge in [0.1, 0.15) is 0 Å². The van der Waals surface area contributed by atoms with Crippen LogP contribution >= 0.6 is 0 Å². The number of nitrogens with zero attached hydrogens (tertiary/aromatic N) is 1. The highest BCUT2D eigenvalue weighted by atomic mass is 16.3. The Labute approximate surface area is 106 Å². The molecule has 0 aromatic heterocycles. The minimum atomic E-state index is -0.597. The molecule has 0 saturated heterocycles. The molecular weight excluding hydrogens is 232 g/mol. The first-order chi connectivity index (χ1) is 8.41. The van der Waals surface area contributed by atoms with Crippen molar-refractivity contribution in [1.29, 1.82) is 0 Å². The molecule has 1 unspecified atom stereocenters. The van der Waals surface area contributed by atoms with Gasteiger partial charge >= 0.3 is 0 Å². The van der Waals surface area contributed by atoms with Gasteiger partial charge in [0.2, 0.25) is 0 Å². The normalized spacial score (nSPS) is 11.8. The van der Waals surface area contributed by atoms with Gasteiger partial charge in [0.15, 0.2) is 0 Å². The van der Waals surface area contributed by atoms with E-state index in [-0.39, 0.29) is 18.4 Å². The third kappa shape index (κ3) is 3.85. The van der Waals surface area contributed by atoms with Crippen molar-refractivity contribution >= 4 is 11.8 Å². The number of amides is 2. The molecule has 98 valence electrons. The molecule has 0 aliphatic carbocycles. The molecule has 0 heterocycles. The summed E-state index contributed by atoms with van der Waals surface area (Å²) in [6, 6.07) is 6.49. The number of rotatable bonds is 4. The van der Waals surface area contributed by atoms with Crippen LogP contribution in [0, 0.1) is 0 Å². The monoisotopic (exact) mass is 250 g/mol. The zero-order valence-corrected chi connectivity index (χ0v) is 10.8. The van der Waals surface area contributed by atoms with E-state index in [1.807, 2.05) is 0 Å². The van der Waals surface area contributed by atoms with Gasteiger partial charge < -0.3 is 15.3 Å². The van der Waals surface area contributed by atoms with Crippen LogP contribution in [0.15, 0.2) is 24.3 Å². The molecule has 2 amide bonds. The van der Waals surface area contributed by atoms with Gasteiger partial charge in [-0.1, -0.05) is 6.07 Å². The fourth-order valence-electron chi connectivity index (χ4n) is 1.39. The number of carbonyl (C=O) groups excluding carboxylic acids is 2. The van der Waals surface area contributed by atoms with Crippen LogP contribution in [-0.4, -0.2) is 48.6 Å². The van der Waals surface area contributed by atoms with E-state index in [0.717, 1.165) is 0 Å². The zero-order valence-electron chi connectivity index (χ0n) is 10.8. The number of hydrogen-bond donors (Lipinski definition) is 2. The lowest BCUT2D eigenvalue weighted by Crippen LogP contribution is -2.30. The molecule has 0 bridgehead atoms. The van der Waals surface area contributed by atoms with Gasteiger partial charge in [-0.3, -0.25) is 9.59 Å². The Balaban J connectivity index is 2.82. The number of aliphatic hydroxyl groups excluding tert-OH is 1. The van der Waals surface area contributed by atoms with Gasteiger partial charge in [-0.15, -0.1) is 0 Å². The summed E-state index contributed by atoms with van der Waals surface area (Å²) in [5.41, 5.74) is 0.869. The van der Waals surface area contributed by atoms with Crippen molar-refractivity contribution in [2.24, 2.45) is 0 Å². The Morgan fingerprint density at radius 2 is 1.94 bits per heavy atom. The maximum Gasteiger partial charge on any atom is 0.253 e. The van der Waals surface area contributed by atoms with Crippen molar-refractivity contribution in [3.8, 4) is 0 Å². The second-order valence-corrected chi connectivity index (χ2v) is 4.34. The third-order valence-electron chi connectivity index (χ3n) is 2.34. The number of benzene rings is 1. The number of aliphatic hydroxyl groups is 1. The topological polar surface area (TPSA) is 69.6 Å². The van der Waals surface area contributed by atoms with Gasteiger partial charge in [-0.2, -0.15) is 0 Å². The molecule has 18 heavy (non-hydrogen) atoms. The molecule has 1 rings (SSSR count). The molecule has 2 N–H and O–H groups in total. The minimum Gasteiger partial charge on any atom is -0.392 e. The predicted molar refractivity (Wildman–Crippen MR) is 68.5 cm³/mol. The molecule has 0 radical (unpaired) electrons. The molecular formula is C13H18N2O3. The van der Waals surface area contributed by atoms with E-state index in [1.54, 1.807) is 45.3 Å². The lowest BCUT2D eigenvalue weighted by atomic mass is 10.1. The summed E-state index contributed by atoms with van der Waals surface area (Å²) in [7, 11) is 3.31. The standard InChI is InChI=1S/C13H18N2O3/c1-9(16)8-14-12(17)10-5-4-6-11(7-10)13(18)15(2)3/h4-7,9,16H,8H2,1-3H3,(H,14,17). The van der Waals surface area contributed by atoms with Gasteiger partial charge in [0.05, 0.1) is 6.10 Å². The molecule has 0 fully saturated rings. The minimum absolute atomic E-state index is 0.153. The van der Waals surface area contributed by atoms with E-state index in [9.17, 15) is 9.59 Å². The Bertz CT molecular complexity index is 442. The molecule has 5 nitrogen and oxygen atoms in total. The van der Waals surface area contributed by atoms with E-state index in [4.69, 9.17) is 5.11 Å². The average molecular weight is 250 g/mol. The molecule has 5 heteroatoms. The fraction of sp³-hybridized carbons (Fsp3) is 0.385. The smallest absolute Gasteiger partial charge is 0.253 e. The van der Waals surface area contributed by atoms with Crippen LogP contribution in [-0.2, 0) is 0 Å². The van der Waals surface area contributed by atoms with Crippen molar-refractivity contribution in [2.45, 2.75) is 13.0 Å². The average Bonchev–Trinajstić information content (AvgIpc) is 2.34. The molecule has 0 aliphatic rings. The summed E-state index contributed by atoms with van der Waals surface area (Å²) in [4.78, 5) is 24.9. The van der Waals surface area contributed by atoms with Crippen LogP contribution in [0.4, 0.5) is 0 Å². The Hall–Kier alpha value is -1.88. The van der Waals surface area contributed by atoms with Crippen LogP contribution in [0.25, 0.3) is 0 Å². The van der Waals surface area contributed by atoms with Crippen LogP contribution in [0.2, 0.25) is 0 Å². The van der Waals surface area contributed by atoms with E-state index >= 15 is 0 Å². The summed E-state index contributed by atoms with van der Waals surface area (Å²) in [5, 5.41) is 11.7. The van der Waals surface area contributed by atoms with E-state index < -0.39 is 6.10 Å². The zero-order chi connectivity index (χ0) is 13.7. The molecule has 0 aliphatic heterocycles. The first-order valence-electron chi connectivity index (χ1n) is 5.70. The van der Waals surface area contributed by atoms with E-state index in [0.29, 0.717) is 11.1 Å². The third-order valence-corrected chi connectivity index (χ3v) is 2.34. The highest BCUT2D eigenvalue weighted by Gasteiger charge is 2.11. The van der Waals surface area contributed by atoms with Crippen LogP contribution in [0.5, 0.6) is 0 Å². The quantitative estimate of drug-likeness (QED) is 0.817. The van der Waals surface area contributed by atoms with Crippen LogP contribution in [0.1, 0.15) is 27.6 Å². The fourth-order valence-corrected chi connectivity index (χ4v) is 1.39. The lowest BCUT2D eigenvalue weighted by Gasteiger charge is -2.11. The van der Waals surface area contributed by atoms with Crippen molar-refractivity contribution < 1.29 is 14.7 Å². The maximum atomic E-state index is 11.7. The van der Waals surface area contributed by atoms with Crippen molar-refractivity contribution in [3.05, 3.63) is 35.4 Å². The van der Waals surface area contributed by atoms with Gasteiger partial charge in [0.25, 0.3) is 11.8 Å². The number of nitrogens with one attached hydrogen (secondary N) is 1. The summed E-state index contributed by atoms with van der Waals surface area (Å²) in [5.74, 6) is -0.454. The predicted octanol–water partition coefficient (Wildman–Crippen LogP) is 0.499. The van der Waals surface area contributed by atoms with Crippen LogP contribution < -0.4 is 5.32 Å². The Kier molecular flexibility index (Phi) is 4.85. The SMILES string of the molecule is CC(O)CNC(=O)c1cccc(C(=O)N(C)C)c1. The van der Waals surface area contributed by atoms with Gasteiger partial charge in [0, 0.05) is 31.8 Å². The highest BCUT2D eigenvalue weighted by molar-refractivity contribution is 5.99. The number of hydrogen-bond acceptors (Lipinski definition) is 3. The molecule has 1 aromatic carbocycles. The molecule has 0 spiro atoms. The largest absolute Gasteiger partial charge is 0.392 e. The molecule has 1 atom stereocenters. The second-order valence-electron chi connectivity index (χ2n) is 4.34. The van der Waals surface area contributed by atoms with Crippen molar-refractivity contribution in [3.63, 3.8) is 0 Å².